The average molecular weight is 292 g/mol. The van der Waals surface area contributed by atoms with Crippen LogP contribution in [-0.2, 0) is 0 Å². The van der Waals surface area contributed by atoms with Crippen molar-refractivity contribution in [2.45, 2.75) is 37.6 Å². The van der Waals surface area contributed by atoms with Gasteiger partial charge in [0.15, 0.2) is 0 Å². The molecule has 2 rings (SSSR count). The lowest BCUT2D eigenvalue weighted by Crippen LogP contribution is -2.51. The number of rotatable bonds is 3. The molecule has 94 valence electrons. The predicted octanol–water partition coefficient (Wildman–Crippen LogP) is 4.07. The van der Waals surface area contributed by atoms with Crippen LogP contribution in [0.25, 0.3) is 0 Å². The predicted molar refractivity (Wildman–Crippen MR) is 73.3 cm³/mol. The zero-order valence-electron chi connectivity index (χ0n) is 9.47. The Labute approximate surface area is 115 Å². The first-order valence-electron chi connectivity index (χ1n) is 5.78. The van der Waals surface area contributed by atoms with E-state index in [1.165, 1.54) is 17.8 Å². The molecular formula is C12H15Cl2NOS. The van der Waals surface area contributed by atoms with Gasteiger partial charge in [-0.15, -0.1) is 22.9 Å². The van der Waals surface area contributed by atoms with E-state index in [4.69, 9.17) is 23.2 Å². The molecule has 0 spiro atoms. The molecule has 1 fully saturated rings. The largest absolute Gasteiger partial charge is 0.345 e. The molecule has 0 saturated heterocycles. The lowest BCUT2D eigenvalue weighted by Gasteiger charge is -2.36. The van der Waals surface area contributed by atoms with Crippen molar-refractivity contribution in [1.29, 1.82) is 0 Å². The first kappa shape index (κ1) is 13.2. The van der Waals surface area contributed by atoms with E-state index in [9.17, 15) is 4.79 Å². The van der Waals surface area contributed by atoms with Crippen LogP contribution in [-0.4, -0.2) is 17.3 Å². The second kappa shape index (κ2) is 5.59. The summed E-state index contributed by atoms with van der Waals surface area (Å²) in [7, 11) is 0. The van der Waals surface area contributed by atoms with E-state index in [0.717, 1.165) is 25.7 Å². The highest BCUT2D eigenvalue weighted by molar-refractivity contribution is 7.12. The molecule has 1 aromatic heterocycles. The molecule has 17 heavy (non-hydrogen) atoms. The maximum Gasteiger partial charge on any atom is 0.263 e. The topological polar surface area (TPSA) is 29.1 Å². The maximum absolute atomic E-state index is 12.1. The van der Waals surface area contributed by atoms with E-state index < -0.39 is 0 Å². The highest BCUT2D eigenvalue weighted by atomic mass is 35.5. The smallest absolute Gasteiger partial charge is 0.263 e. The molecule has 1 saturated carbocycles. The summed E-state index contributed by atoms with van der Waals surface area (Å²) >= 11 is 13.4. The molecule has 1 heterocycles. The van der Waals surface area contributed by atoms with Gasteiger partial charge in [0.05, 0.1) is 10.6 Å². The van der Waals surface area contributed by atoms with Crippen molar-refractivity contribution in [3.05, 3.63) is 21.3 Å². The van der Waals surface area contributed by atoms with Crippen LogP contribution in [0.2, 0.25) is 5.02 Å². The minimum Gasteiger partial charge on any atom is -0.345 e. The molecule has 1 aliphatic rings. The van der Waals surface area contributed by atoms with E-state index in [1.807, 2.05) is 5.38 Å². The average Bonchev–Trinajstić information content (AvgIpc) is 2.77. The van der Waals surface area contributed by atoms with E-state index in [0.29, 0.717) is 15.8 Å². The van der Waals surface area contributed by atoms with Gasteiger partial charge in [0.25, 0.3) is 5.91 Å². The SMILES string of the molecule is O=C(NC1(CCl)CCCCC1)c1sccc1Cl. The Morgan fingerprint density at radius 3 is 2.65 bits per heavy atom. The molecule has 1 aromatic rings. The molecule has 0 radical (unpaired) electrons. The lowest BCUT2D eigenvalue weighted by atomic mass is 9.83. The van der Waals surface area contributed by atoms with E-state index in [2.05, 4.69) is 5.32 Å². The number of carbonyl (C=O) groups is 1. The maximum atomic E-state index is 12.1. The van der Waals surface area contributed by atoms with Crippen molar-refractivity contribution in [1.82, 2.24) is 5.32 Å². The van der Waals surface area contributed by atoms with Crippen LogP contribution in [0.3, 0.4) is 0 Å². The Bertz CT molecular complexity index is 399. The minimum absolute atomic E-state index is 0.0902. The van der Waals surface area contributed by atoms with Gasteiger partial charge in [-0.25, -0.2) is 0 Å². The monoisotopic (exact) mass is 291 g/mol. The Balaban J connectivity index is 2.08. The third-order valence-corrected chi connectivity index (χ3v) is 5.12. The second-order valence-corrected chi connectivity index (χ2v) is 6.12. The van der Waals surface area contributed by atoms with E-state index in [-0.39, 0.29) is 11.4 Å². The summed E-state index contributed by atoms with van der Waals surface area (Å²) in [6, 6.07) is 1.75. The van der Waals surface area contributed by atoms with Gasteiger partial charge in [0.2, 0.25) is 0 Å². The van der Waals surface area contributed by atoms with Crippen LogP contribution in [0.4, 0.5) is 0 Å². The van der Waals surface area contributed by atoms with Crippen LogP contribution in [0.1, 0.15) is 41.8 Å². The molecule has 0 atom stereocenters. The minimum atomic E-state index is -0.232. The first-order valence-corrected chi connectivity index (χ1v) is 7.58. The van der Waals surface area contributed by atoms with Gasteiger partial charge < -0.3 is 5.32 Å². The van der Waals surface area contributed by atoms with Crippen molar-refractivity contribution >= 4 is 40.4 Å². The summed E-state index contributed by atoms with van der Waals surface area (Å²) in [4.78, 5) is 12.7. The molecule has 1 N–H and O–H groups in total. The summed E-state index contributed by atoms with van der Waals surface area (Å²) in [5.74, 6) is 0.384. The van der Waals surface area contributed by atoms with Crippen molar-refractivity contribution < 1.29 is 4.79 Å². The van der Waals surface area contributed by atoms with Crippen LogP contribution in [0, 0.1) is 0 Å². The van der Waals surface area contributed by atoms with Gasteiger partial charge in [-0.1, -0.05) is 30.9 Å². The second-order valence-electron chi connectivity index (χ2n) is 4.53. The molecular weight excluding hydrogens is 277 g/mol. The zero-order chi connectivity index (χ0) is 12.3. The Morgan fingerprint density at radius 2 is 2.12 bits per heavy atom. The van der Waals surface area contributed by atoms with Crippen molar-refractivity contribution in [2.24, 2.45) is 0 Å². The van der Waals surface area contributed by atoms with Crippen molar-refractivity contribution in [2.75, 3.05) is 5.88 Å². The number of thiophene rings is 1. The number of hydrogen-bond donors (Lipinski definition) is 1. The van der Waals surface area contributed by atoms with Crippen LogP contribution < -0.4 is 5.32 Å². The van der Waals surface area contributed by atoms with Gasteiger partial charge in [-0.05, 0) is 24.3 Å². The molecule has 0 aliphatic heterocycles. The lowest BCUT2D eigenvalue weighted by molar-refractivity contribution is 0.0889. The highest BCUT2D eigenvalue weighted by Gasteiger charge is 2.33. The van der Waals surface area contributed by atoms with Gasteiger partial charge in [0, 0.05) is 5.88 Å². The molecule has 2 nitrogen and oxygen atoms in total. The summed E-state index contributed by atoms with van der Waals surface area (Å²) in [5, 5.41) is 5.43. The van der Waals surface area contributed by atoms with Crippen molar-refractivity contribution in [3.8, 4) is 0 Å². The van der Waals surface area contributed by atoms with Gasteiger partial charge in [-0.2, -0.15) is 0 Å². The third kappa shape index (κ3) is 2.95. The van der Waals surface area contributed by atoms with Crippen LogP contribution in [0.15, 0.2) is 11.4 Å². The number of halogens is 2. The Hall–Kier alpha value is -0.250. The highest BCUT2D eigenvalue weighted by Crippen LogP contribution is 2.30. The summed E-state index contributed by atoms with van der Waals surface area (Å²) in [6.07, 6.45) is 5.42. The van der Waals surface area contributed by atoms with Gasteiger partial charge >= 0.3 is 0 Å². The van der Waals surface area contributed by atoms with Crippen molar-refractivity contribution in [3.63, 3.8) is 0 Å². The fraction of sp³-hybridized carbons (Fsp3) is 0.583. The summed E-state index contributed by atoms with van der Waals surface area (Å²) in [5.41, 5.74) is -0.232. The molecule has 5 heteroatoms. The third-order valence-electron chi connectivity index (χ3n) is 3.27. The van der Waals surface area contributed by atoms with E-state index >= 15 is 0 Å². The van der Waals surface area contributed by atoms with Gasteiger partial charge in [0.1, 0.15) is 4.88 Å². The number of amides is 1. The molecule has 1 aliphatic carbocycles. The quantitative estimate of drug-likeness (QED) is 0.836. The number of alkyl halides is 1. The molecule has 0 bridgehead atoms. The summed E-state index contributed by atoms with van der Waals surface area (Å²) < 4.78 is 0. The van der Waals surface area contributed by atoms with Crippen LogP contribution in [0.5, 0.6) is 0 Å². The number of nitrogens with one attached hydrogen (secondary N) is 1. The summed E-state index contributed by atoms with van der Waals surface area (Å²) in [6.45, 7) is 0. The molecule has 1 amide bonds. The molecule has 0 unspecified atom stereocenters. The zero-order valence-corrected chi connectivity index (χ0v) is 11.8. The molecule has 0 aromatic carbocycles. The Morgan fingerprint density at radius 1 is 1.41 bits per heavy atom. The first-order chi connectivity index (χ1) is 8.17. The standard InChI is InChI=1S/C12H15Cl2NOS/c13-8-12(5-2-1-3-6-12)15-11(16)10-9(14)4-7-17-10/h4,7H,1-3,5-6,8H2,(H,15,16). The number of carbonyl (C=O) groups excluding carboxylic acids is 1. The van der Waals surface area contributed by atoms with Gasteiger partial charge in [-0.3, -0.25) is 4.79 Å². The normalized spacial score (nSPS) is 18.9. The van der Waals surface area contributed by atoms with Crippen LogP contribution >= 0.6 is 34.5 Å². The fourth-order valence-electron chi connectivity index (χ4n) is 2.27. The van der Waals surface area contributed by atoms with E-state index in [1.54, 1.807) is 6.07 Å². The Kier molecular flexibility index (Phi) is 4.34. The number of hydrogen-bond acceptors (Lipinski definition) is 2. The fourth-order valence-corrected chi connectivity index (χ4v) is 3.64.